The van der Waals surface area contributed by atoms with E-state index in [0.29, 0.717) is 6.10 Å². The van der Waals surface area contributed by atoms with Gasteiger partial charge in [-0.05, 0) is 61.3 Å². The van der Waals surface area contributed by atoms with Gasteiger partial charge < -0.3 is 15.2 Å². The average Bonchev–Trinajstić information content (AvgIpc) is 3.30. The number of ether oxygens (including phenoxy) is 1. The third-order valence-electron chi connectivity index (χ3n) is 4.69. The number of nitrogens with one attached hydrogen (secondary N) is 2. The van der Waals surface area contributed by atoms with Crippen LogP contribution in [0.5, 0.6) is 5.75 Å². The summed E-state index contributed by atoms with van der Waals surface area (Å²) >= 11 is 0. The molecule has 3 N–H and O–H groups in total. The van der Waals surface area contributed by atoms with E-state index >= 15 is 0 Å². The minimum atomic E-state index is -5.08. The highest BCUT2D eigenvalue weighted by molar-refractivity contribution is 5.73. The molecule has 1 aliphatic heterocycles. The number of carbonyl (C=O) groups is 1. The van der Waals surface area contributed by atoms with Gasteiger partial charge in [0.15, 0.2) is 0 Å². The van der Waals surface area contributed by atoms with E-state index in [0.717, 1.165) is 42.9 Å². The van der Waals surface area contributed by atoms with Gasteiger partial charge in [-0.2, -0.15) is 18.3 Å². The number of halogens is 3. The van der Waals surface area contributed by atoms with Gasteiger partial charge >= 0.3 is 12.1 Å². The molecule has 0 bridgehead atoms. The molecular formula is C22H22F3N3O3. The van der Waals surface area contributed by atoms with Crippen molar-refractivity contribution in [2.75, 3.05) is 13.1 Å². The van der Waals surface area contributed by atoms with Gasteiger partial charge in [-0.3, -0.25) is 5.10 Å². The van der Waals surface area contributed by atoms with Gasteiger partial charge in [0.25, 0.3) is 0 Å². The Morgan fingerprint density at radius 1 is 1.00 bits per heavy atom. The number of H-pyrrole nitrogens is 1. The number of aromatic amines is 1. The molecule has 4 rings (SSSR count). The number of rotatable bonds is 4. The van der Waals surface area contributed by atoms with Crippen LogP contribution in [0, 0.1) is 0 Å². The number of alkyl halides is 3. The van der Waals surface area contributed by atoms with Crippen molar-refractivity contribution < 1.29 is 27.8 Å². The van der Waals surface area contributed by atoms with Crippen molar-refractivity contribution in [1.82, 2.24) is 15.5 Å². The van der Waals surface area contributed by atoms with Crippen LogP contribution in [-0.2, 0) is 4.79 Å². The van der Waals surface area contributed by atoms with Crippen LogP contribution < -0.4 is 10.1 Å². The first-order valence-electron chi connectivity index (χ1n) is 9.70. The molecule has 1 aliphatic rings. The third kappa shape index (κ3) is 6.58. The summed E-state index contributed by atoms with van der Waals surface area (Å²) in [6.45, 7) is 2.09. The molecule has 164 valence electrons. The number of carboxylic acid groups (broad SMARTS) is 1. The zero-order valence-electron chi connectivity index (χ0n) is 16.5. The standard InChI is InChI=1S/C20H21N3O.C2HF3O2/c1-2-16(14-17(3-1)20-10-13-22-23-20)15-4-6-18(7-5-15)24-19-8-11-21-12-9-19;3-2(4,5)1(6)7/h1-7,10,13-14,19,21H,8-9,11-12H2,(H,22,23);(H,6,7). The van der Waals surface area contributed by atoms with E-state index in [1.54, 1.807) is 6.20 Å². The second-order valence-electron chi connectivity index (χ2n) is 6.95. The molecule has 2 aromatic carbocycles. The van der Waals surface area contributed by atoms with E-state index in [9.17, 15) is 13.2 Å². The van der Waals surface area contributed by atoms with Crippen molar-refractivity contribution in [3.8, 4) is 28.1 Å². The Hall–Kier alpha value is -3.33. The van der Waals surface area contributed by atoms with Gasteiger partial charge in [0.1, 0.15) is 11.9 Å². The van der Waals surface area contributed by atoms with E-state index in [1.807, 2.05) is 6.07 Å². The quantitative estimate of drug-likeness (QED) is 0.564. The number of hydrogen-bond donors (Lipinski definition) is 3. The molecule has 0 amide bonds. The fourth-order valence-electron chi connectivity index (χ4n) is 3.11. The smallest absolute Gasteiger partial charge is 0.490 e. The number of nitrogens with zero attached hydrogens (tertiary/aromatic N) is 1. The van der Waals surface area contributed by atoms with E-state index in [-0.39, 0.29) is 0 Å². The zero-order valence-corrected chi connectivity index (χ0v) is 16.5. The lowest BCUT2D eigenvalue weighted by molar-refractivity contribution is -0.192. The molecular weight excluding hydrogens is 411 g/mol. The van der Waals surface area contributed by atoms with Gasteiger partial charge in [0.2, 0.25) is 0 Å². The van der Waals surface area contributed by atoms with Gasteiger partial charge in [-0.1, -0.05) is 30.3 Å². The van der Waals surface area contributed by atoms with Gasteiger partial charge in [-0.25, -0.2) is 4.79 Å². The SMILES string of the molecule is O=C(O)C(F)(F)F.c1cc(-c2ccc(OC3CCNCC3)cc2)cc(-c2ccn[nH]2)c1. The van der Waals surface area contributed by atoms with Crippen molar-refractivity contribution in [3.05, 3.63) is 60.8 Å². The predicted octanol–water partition coefficient (Wildman–Crippen LogP) is 4.51. The highest BCUT2D eigenvalue weighted by Crippen LogP contribution is 2.27. The molecule has 2 heterocycles. The minimum Gasteiger partial charge on any atom is -0.490 e. The molecule has 31 heavy (non-hydrogen) atoms. The van der Waals surface area contributed by atoms with Crippen molar-refractivity contribution in [3.63, 3.8) is 0 Å². The monoisotopic (exact) mass is 433 g/mol. The average molecular weight is 433 g/mol. The van der Waals surface area contributed by atoms with Gasteiger partial charge in [0, 0.05) is 11.8 Å². The van der Waals surface area contributed by atoms with Crippen LogP contribution in [0.2, 0.25) is 0 Å². The van der Waals surface area contributed by atoms with E-state index in [1.165, 1.54) is 11.1 Å². The lowest BCUT2D eigenvalue weighted by Gasteiger charge is -2.23. The zero-order chi connectivity index (χ0) is 22.3. The lowest BCUT2D eigenvalue weighted by Crippen LogP contribution is -2.34. The van der Waals surface area contributed by atoms with E-state index in [4.69, 9.17) is 14.6 Å². The Morgan fingerprint density at radius 2 is 1.65 bits per heavy atom. The van der Waals surface area contributed by atoms with E-state index in [2.05, 4.69) is 64.0 Å². The molecule has 9 heteroatoms. The van der Waals surface area contributed by atoms with Crippen molar-refractivity contribution in [2.24, 2.45) is 0 Å². The second-order valence-corrected chi connectivity index (χ2v) is 6.95. The first-order chi connectivity index (χ1) is 14.8. The van der Waals surface area contributed by atoms with Crippen LogP contribution in [0.25, 0.3) is 22.4 Å². The molecule has 0 aliphatic carbocycles. The van der Waals surface area contributed by atoms with Crippen LogP contribution in [-0.4, -0.2) is 46.6 Å². The highest BCUT2D eigenvalue weighted by Gasteiger charge is 2.38. The molecule has 0 atom stereocenters. The second kappa shape index (κ2) is 10.1. The summed E-state index contributed by atoms with van der Waals surface area (Å²) in [4.78, 5) is 8.90. The summed E-state index contributed by atoms with van der Waals surface area (Å²) in [5.41, 5.74) is 4.55. The maximum absolute atomic E-state index is 10.6. The molecule has 1 saturated heterocycles. The van der Waals surface area contributed by atoms with Crippen LogP contribution in [0.3, 0.4) is 0 Å². The Kier molecular flexibility index (Phi) is 7.30. The first kappa shape index (κ1) is 22.4. The molecule has 0 radical (unpaired) electrons. The van der Waals surface area contributed by atoms with Crippen LogP contribution >= 0.6 is 0 Å². The minimum absolute atomic E-state index is 0.334. The molecule has 3 aromatic rings. The van der Waals surface area contributed by atoms with Crippen molar-refractivity contribution in [1.29, 1.82) is 0 Å². The van der Waals surface area contributed by atoms with Crippen molar-refractivity contribution >= 4 is 5.97 Å². The van der Waals surface area contributed by atoms with Crippen molar-refractivity contribution in [2.45, 2.75) is 25.1 Å². The number of aliphatic carboxylic acids is 1. The molecule has 6 nitrogen and oxygen atoms in total. The Labute approximate surface area is 177 Å². The summed E-state index contributed by atoms with van der Waals surface area (Å²) in [5.74, 6) is -1.80. The normalized spacial score (nSPS) is 14.4. The molecule has 0 spiro atoms. The summed E-state index contributed by atoms with van der Waals surface area (Å²) in [5, 5.41) is 17.5. The van der Waals surface area contributed by atoms with E-state index < -0.39 is 12.1 Å². The number of piperidine rings is 1. The predicted molar refractivity (Wildman–Crippen MR) is 110 cm³/mol. The van der Waals surface area contributed by atoms with Gasteiger partial charge in [-0.15, -0.1) is 0 Å². The molecule has 1 fully saturated rings. The Morgan fingerprint density at radius 3 is 2.23 bits per heavy atom. The van der Waals surface area contributed by atoms with Gasteiger partial charge in [0.05, 0.1) is 5.69 Å². The molecule has 0 saturated carbocycles. The maximum atomic E-state index is 10.6. The Bertz CT molecular complexity index is 968. The number of carboxylic acids is 1. The highest BCUT2D eigenvalue weighted by atomic mass is 19.4. The number of hydrogen-bond acceptors (Lipinski definition) is 4. The summed E-state index contributed by atoms with van der Waals surface area (Å²) < 4.78 is 37.8. The molecule has 1 aromatic heterocycles. The summed E-state index contributed by atoms with van der Waals surface area (Å²) in [7, 11) is 0. The first-order valence-corrected chi connectivity index (χ1v) is 9.70. The number of aromatic nitrogens is 2. The third-order valence-corrected chi connectivity index (χ3v) is 4.69. The molecule has 0 unspecified atom stereocenters. The summed E-state index contributed by atoms with van der Waals surface area (Å²) in [6.07, 6.45) is -0.822. The number of benzene rings is 2. The van der Waals surface area contributed by atoms with Crippen LogP contribution in [0.15, 0.2) is 60.8 Å². The fraction of sp³-hybridized carbons (Fsp3) is 0.273. The maximum Gasteiger partial charge on any atom is 0.490 e. The van der Waals surface area contributed by atoms with Crippen LogP contribution in [0.1, 0.15) is 12.8 Å². The van der Waals surface area contributed by atoms with Crippen LogP contribution in [0.4, 0.5) is 13.2 Å². The lowest BCUT2D eigenvalue weighted by atomic mass is 10.0. The fourth-order valence-corrected chi connectivity index (χ4v) is 3.11. The topological polar surface area (TPSA) is 87.2 Å². The summed E-state index contributed by atoms with van der Waals surface area (Å²) in [6, 6.07) is 18.8. The largest absolute Gasteiger partial charge is 0.490 e. The Balaban J connectivity index is 0.000000339.